The SMILES string of the molecule is Cc1ccc(C(=O)NCCc2cccs2)c(C2CCN(C(=O)CC(C)(O)C(F)(F)F)CC2)n1. The van der Waals surface area contributed by atoms with Crippen molar-refractivity contribution < 1.29 is 27.9 Å². The molecule has 0 radical (unpaired) electrons. The molecular formula is C23H28F3N3O3S. The number of carbonyl (C=O) groups is 2. The molecule has 1 aliphatic rings. The van der Waals surface area contributed by atoms with E-state index in [0.29, 0.717) is 37.6 Å². The lowest BCUT2D eigenvalue weighted by molar-refractivity contribution is -0.254. The predicted molar refractivity (Wildman–Crippen MR) is 119 cm³/mol. The fraction of sp³-hybridized carbons (Fsp3) is 0.522. The third kappa shape index (κ3) is 6.32. The molecule has 33 heavy (non-hydrogen) atoms. The summed E-state index contributed by atoms with van der Waals surface area (Å²) in [6, 6.07) is 7.50. The number of amides is 2. The summed E-state index contributed by atoms with van der Waals surface area (Å²) in [6.07, 6.45) is -4.20. The van der Waals surface area contributed by atoms with Crippen molar-refractivity contribution in [2.75, 3.05) is 19.6 Å². The van der Waals surface area contributed by atoms with Gasteiger partial charge in [-0.05, 0) is 56.7 Å². The van der Waals surface area contributed by atoms with Crippen LogP contribution in [0.2, 0.25) is 0 Å². The number of thiophene rings is 1. The number of nitrogens with one attached hydrogen (secondary N) is 1. The van der Waals surface area contributed by atoms with Crippen LogP contribution in [0.25, 0.3) is 0 Å². The van der Waals surface area contributed by atoms with Crippen LogP contribution in [0.15, 0.2) is 29.6 Å². The molecule has 0 spiro atoms. The highest BCUT2D eigenvalue weighted by atomic mass is 32.1. The zero-order valence-corrected chi connectivity index (χ0v) is 19.4. The van der Waals surface area contributed by atoms with Gasteiger partial charge in [0, 0.05) is 36.1 Å². The molecule has 1 saturated heterocycles. The van der Waals surface area contributed by atoms with Crippen LogP contribution in [0.3, 0.4) is 0 Å². The first-order chi connectivity index (χ1) is 15.5. The van der Waals surface area contributed by atoms with Gasteiger partial charge in [0.25, 0.3) is 5.91 Å². The monoisotopic (exact) mass is 483 g/mol. The molecular weight excluding hydrogens is 455 g/mol. The van der Waals surface area contributed by atoms with Crippen molar-refractivity contribution in [1.82, 2.24) is 15.2 Å². The van der Waals surface area contributed by atoms with Crippen LogP contribution in [0.1, 0.15) is 58.7 Å². The van der Waals surface area contributed by atoms with Crippen LogP contribution in [-0.2, 0) is 11.2 Å². The topological polar surface area (TPSA) is 82.5 Å². The lowest BCUT2D eigenvalue weighted by Crippen LogP contribution is -2.48. The molecule has 2 aromatic heterocycles. The van der Waals surface area contributed by atoms with E-state index in [0.717, 1.165) is 12.1 Å². The largest absolute Gasteiger partial charge is 0.417 e. The van der Waals surface area contributed by atoms with Gasteiger partial charge in [0.15, 0.2) is 5.60 Å². The molecule has 1 aliphatic heterocycles. The minimum atomic E-state index is -4.88. The number of rotatable bonds is 7. The Balaban J connectivity index is 1.62. The normalized spacial score (nSPS) is 17.0. The molecule has 0 saturated carbocycles. The Morgan fingerprint density at radius 3 is 2.55 bits per heavy atom. The van der Waals surface area contributed by atoms with Gasteiger partial charge in [-0.3, -0.25) is 14.6 Å². The molecule has 6 nitrogen and oxygen atoms in total. The van der Waals surface area contributed by atoms with Crippen molar-refractivity contribution in [3.05, 3.63) is 51.5 Å². The number of aliphatic hydroxyl groups is 1. The first-order valence-corrected chi connectivity index (χ1v) is 11.7. The van der Waals surface area contributed by atoms with E-state index in [-0.39, 0.29) is 24.9 Å². The van der Waals surface area contributed by atoms with Crippen molar-refractivity contribution in [2.45, 2.75) is 57.2 Å². The molecule has 0 aliphatic carbocycles. The van der Waals surface area contributed by atoms with Crippen LogP contribution in [0.5, 0.6) is 0 Å². The fourth-order valence-electron chi connectivity index (χ4n) is 3.84. The molecule has 3 heterocycles. The Morgan fingerprint density at radius 2 is 1.94 bits per heavy atom. The maximum absolute atomic E-state index is 12.9. The molecule has 1 fully saturated rings. The maximum Gasteiger partial charge on any atom is 0.417 e. The summed E-state index contributed by atoms with van der Waals surface area (Å²) in [5, 5.41) is 14.5. The molecule has 3 rings (SSSR count). The van der Waals surface area contributed by atoms with E-state index in [2.05, 4.69) is 10.3 Å². The van der Waals surface area contributed by atoms with E-state index >= 15 is 0 Å². The van der Waals surface area contributed by atoms with Gasteiger partial charge in [-0.15, -0.1) is 11.3 Å². The standard InChI is InChI=1S/C23H28F3N3O3S/c1-15-5-6-18(21(31)27-10-7-17-4-3-13-33-17)20(28-15)16-8-11-29(12-9-16)19(30)14-22(2,32)23(24,25)26/h3-6,13,16,32H,7-12,14H2,1-2H3,(H,27,31). The molecule has 2 N–H and O–H groups in total. The number of halogens is 3. The van der Waals surface area contributed by atoms with Crippen molar-refractivity contribution in [2.24, 2.45) is 0 Å². The number of likely N-dealkylation sites (tertiary alicyclic amines) is 1. The molecule has 0 aromatic carbocycles. The van der Waals surface area contributed by atoms with E-state index in [1.165, 1.54) is 9.78 Å². The maximum atomic E-state index is 12.9. The molecule has 2 amide bonds. The van der Waals surface area contributed by atoms with Gasteiger partial charge in [-0.25, -0.2) is 0 Å². The Bertz CT molecular complexity index is 969. The molecule has 0 bridgehead atoms. The van der Waals surface area contributed by atoms with Gasteiger partial charge in [0.05, 0.1) is 17.7 Å². The first kappa shape index (κ1) is 25.2. The van der Waals surface area contributed by atoms with Crippen molar-refractivity contribution in [1.29, 1.82) is 0 Å². The van der Waals surface area contributed by atoms with Crippen LogP contribution in [0.4, 0.5) is 13.2 Å². The Hall–Kier alpha value is -2.46. The fourth-order valence-corrected chi connectivity index (χ4v) is 4.55. The second kappa shape index (κ2) is 10.2. The van der Waals surface area contributed by atoms with Gasteiger partial charge in [-0.2, -0.15) is 13.2 Å². The first-order valence-electron chi connectivity index (χ1n) is 10.8. The quantitative estimate of drug-likeness (QED) is 0.627. The summed E-state index contributed by atoms with van der Waals surface area (Å²) < 4.78 is 38.7. The summed E-state index contributed by atoms with van der Waals surface area (Å²) in [4.78, 5) is 32.3. The molecule has 1 atom stereocenters. The summed E-state index contributed by atoms with van der Waals surface area (Å²) in [6.45, 7) is 3.43. The van der Waals surface area contributed by atoms with E-state index in [1.807, 2.05) is 24.4 Å². The number of aryl methyl sites for hydroxylation is 1. The van der Waals surface area contributed by atoms with Crippen molar-refractivity contribution in [3.63, 3.8) is 0 Å². The lowest BCUT2D eigenvalue weighted by Gasteiger charge is -2.34. The van der Waals surface area contributed by atoms with Gasteiger partial charge >= 0.3 is 6.18 Å². The molecule has 180 valence electrons. The van der Waals surface area contributed by atoms with Gasteiger partial charge in [0.1, 0.15) is 0 Å². The minimum Gasteiger partial charge on any atom is -0.380 e. The minimum absolute atomic E-state index is 0.0878. The smallest absolute Gasteiger partial charge is 0.380 e. The number of piperidine rings is 1. The molecule has 2 aromatic rings. The van der Waals surface area contributed by atoms with E-state index in [1.54, 1.807) is 23.5 Å². The van der Waals surface area contributed by atoms with Crippen molar-refractivity contribution in [3.8, 4) is 0 Å². The number of nitrogens with zero attached hydrogens (tertiary/aromatic N) is 2. The summed E-state index contributed by atoms with van der Waals surface area (Å²) in [7, 11) is 0. The predicted octanol–water partition coefficient (Wildman–Crippen LogP) is 3.83. The highest BCUT2D eigenvalue weighted by molar-refractivity contribution is 7.09. The average molecular weight is 484 g/mol. The number of aromatic nitrogens is 1. The highest BCUT2D eigenvalue weighted by Crippen LogP contribution is 2.34. The third-order valence-electron chi connectivity index (χ3n) is 5.89. The Kier molecular flexibility index (Phi) is 7.79. The number of hydrogen-bond donors (Lipinski definition) is 2. The average Bonchev–Trinajstić information content (AvgIpc) is 3.26. The number of alkyl halides is 3. The Morgan fingerprint density at radius 1 is 1.24 bits per heavy atom. The van der Waals surface area contributed by atoms with Crippen LogP contribution >= 0.6 is 11.3 Å². The lowest BCUT2D eigenvalue weighted by atomic mass is 9.89. The van der Waals surface area contributed by atoms with Crippen LogP contribution < -0.4 is 5.32 Å². The number of carbonyl (C=O) groups excluding carboxylic acids is 2. The van der Waals surface area contributed by atoms with E-state index in [9.17, 15) is 27.9 Å². The summed E-state index contributed by atoms with van der Waals surface area (Å²) >= 11 is 1.63. The highest BCUT2D eigenvalue weighted by Gasteiger charge is 2.51. The zero-order valence-electron chi connectivity index (χ0n) is 18.6. The third-order valence-corrected chi connectivity index (χ3v) is 6.82. The van der Waals surface area contributed by atoms with Crippen molar-refractivity contribution >= 4 is 23.2 Å². The second-order valence-corrected chi connectivity index (χ2v) is 9.61. The van der Waals surface area contributed by atoms with E-state index in [4.69, 9.17) is 0 Å². The van der Waals surface area contributed by atoms with Gasteiger partial charge in [0.2, 0.25) is 5.91 Å². The van der Waals surface area contributed by atoms with Crippen LogP contribution in [-0.4, -0.2) is 58.2 Å². The van der Waals surface area contributed by atoms with Gasteiger partial charge in [-0.1, -0.05) is 6.07 Å². The Labute approximate surface area is 194 Å². The number of pyridine rings is 1. The van der Waals surface area contributed by atoms with Gasteiger partial charge < -0.3 is 15.3 Å². The zero-order chi connectivity index (χ0) is 24.2. The summed E-state index contributed by atoms with van der Waals surface area (Å²) in [5.41, 5.74) is -1.16. The molecule has 1 unspecified atom stereocenters. The number of hydrogen-bond acceptors (Lipinski definition) is 5. The molecule has 10 heteroatoms. The second-order valence-electron chi connectivity index (χ2n) is 8.57. The summed E-state index contributed by atoms with van der Waals surface area (Å²) in [5.74, 6) is -1.04. The van der Waals surface area contributed by atoms with E-state index < -0.39 is 24.1 Å². The van der Waals surface area contributed by atoms with Crippen LogP contribution in [0, 0.1) is 6.92 Å².